The van der Waals surface area contributed by atoms with E-state index in [2.05, 4.69) is 6.92 Å². The predicted octanol–water partition coefficient (Wildman–Crippen LogP) is 1.66. The number of nitrogens with zero attached hydrogens (tertiary/aromatic N) is 1. The molecular weight excluding hydrogens is 386 g/mol. The fourth-order valence-corrected chi connectivity index (χ4v) is 3.32. The summed E-state index contributed by atoms with van der Waals surface area (Å²) in [5.41, 5.74) is 0. The van der Waals surface area contributed by atoms with Crippen LogP contribution < -0.4 is 0 Å². The molecule has 0 aliphatic rings. The minimum absolute atomic E-state index is 0.0694. The predicted molar refractivity (Wildman–Crippen MR) is 112 cm³/mol. The maximum absolute atomic E-state index is 10.9. The molecule has 0 aliphatic carbocycles. The molecule has 0 amide bonds. The molecular formula is C19H39NO7S. The van der Waals surface area contributed by atoms with Crippen molar-refractivity contribution >= 4 is 23.7 Å². The van der Waals surface area contributed by atoms with Gasteiger partial charge in [-0.1, -0.05) is 51.9 Å². The maximum atomic E-state index is 10.9. The normalized spacial score (nSPS) is 11.8. The summed E-state index contributed by atoms with van der Waals surface area (Å²) < 4.78 is 0. The van der Waals surface area contributed by atoms with E-state index in [1.54, 1.807) is 4.90 Å². The Kier molecular flexibility index (Phi) is 23.5. The van der Waals surface area contributed by atoms with Crippen LogP contribution in [-0.4, -0.2) is 92.8 Å². The van der Waals surface area contributed by atoms with Crippen molar-refractivity contribution in [1.82, 2.24) is 4.90 Å². The van der Waals surface area contributed by atoms with Gasteiger partial charge in [-0.15, -0.1) is 11.8 Å². The fraction of sp³-hybridized carbons (Fsp3) is 0.895. The quantitative estimate of drug-likeness (QED) is 0.207. The van der Waals surface area contributed by atoms with Gasteiger partial charge in [0.05, 0.1) is 25.6 Å². The largest absolute Gasteiger partial charge is 0.481 e. The zero-order valence-corrected chi connectivity index (χ0v) is 17.9. The monoisotopic (exact) mass is 425 g/mol. The van der Waals surface area contributed by atoms with Gasteiger partial charge in [0.15, 0.2) is 0 Å². The number of aliphatic carboxylic acids is 2. The van der Waals surface area contributed by atoms with Gasteiger partial charge in [0.2, 0.25) is 0 Å². The summed E-state index contributed by atoms with van der Waals surface area (Å²) in [4.78, 5) is 23.1. The van der Waals surface area contributed by atoms with Gasteiger partial charge in [-0.25, -0.2) is 0 Å². The second-order valence-corrected chi connectivity index (χ2v) is 7.65. The van der Waals surface area contributed by atoms with Gasteiger partial charge in [-0.05, 0) is 6.42 Å². The van der Waals surface area contributed by atoms with E-state index >= 15 is 0 Å². The van der Waals surface area contributed by atoms with E-state index in [4.69, 9.17) is 25.5 Å². The third-order valence-electron chi connectivity index (χ3n) is 4.00. The van der Waals surface area contributed by atoms with Crippen LogP contribution in [0.15, 0.2) is 0 Å². The van der Waals surface area contributed by atoms with Crippen molar-refractivity contribution < 1.29 is 35.1 Å². The second-order valence-electron chi connectivity index (χ2n) is 6.45. The van der Waals surface area contributed by atoms with Crippen LogP contribution in [0.5, 0.6) is 0 Å². The number of unbranched alkanes of at least 4 members (excludes halogenated alkanes) is 6. The average molecular weight is 426 g/mol. The van der Waals surface area contributed by atoms with E-state index in [0.29, 0.717) is 26.1 Å². The first-order valence-electron chi connectivity index (χ1n) is 10.0. The van der Waals surface area contributed by atoms with E-state index in [9.17, 15) is 9.59 Å². The van der Waals surface area contributed by atoms with E-state index in [1.165, 1.54) is 25.7 Å². The lowest BCUT2D eigenvalue weighted by Gasteiger charge is -2.17. The number of hydrogen-bond donors (Lipinski definition) is 5. The molecule has 0 radical (unpaired) electrons. The van der Waals surface area contributed by atoms with Crippen molar-refractivity contribution in [3.8, 4) is 0 Å². The van der Waals surface area contributed by atoms with Crippen molar-refractivity contribution in [3.05, 3.63) is 0 Å². The Morgan fingerprint density at radius 2 is 1.29 bits per heavy atom. The van der Waals surface area contributed by atoms with Crippen LogP contribution in [0.2, 0.25) is 0 Å². The summed E-state index contributed by atoms with van der Waals surface area (Å²) in [5, 5.41) is 42.4. The van der Waals surface area contributed by atoms with E-state index in [0.717, 1.165) is 31.0 Å². The number of carboxylic acid groups (broad SMARTS) is 2. The summed E-state index contributed by atoms with van der Waals surface area (Å²) in [6.45, 7) is 3.93. The van der Waals surface area contributed by atoms with Crippen molar-refractivity contribution in [1.29, 1.82) is 0 Å². The Bertz CT molecular complexity index is 358. The second kappa shape index (κ2) is 22.4. The lowest BCUT2D eigenvalue weighted by Crippen LogP contribution is -2.32. The highest BCUT2D eigenvalue weighted by molar-refractivity contribution is 8.01. The summed E-state index contributed by atoms with van der Waals surface area (Å²) in [6.07, 6.45) is 8.60. The molecule has 0 heterocycles. The number of carboxylic acids is 2. The first kappa shape index (κ1) is 29.3. The van der Waals surface area contributed by atoms with Gasteiger partial charge in [0.25, 0.3) is 0 Å². The highest BCUT2D eigenvalue weighted by Gasteiger charge is 2.18. The van der Waals surface area contributed by atoms with Gasteiger partial charge >= 0.3 is 11.9 Å². The van der Waals surface area contributed by atoms with Crippen LogP contribution in [0.4, 0.5) is 0 Å². The topological polar surface area (TPSA) is 139 Å². The van der Waals surface area contributed by atoms with Gasteiger partial charge in [0.1, 0.15) is 5.25 Å². The molecule has 0 rings (SSSR count). The Morgan fingerprint density at radius 3 is 1.68 bits per heavy atom. The van der Waals surface area contributed by atoms with Crippen molar-refractivity contribution in [2.45, 2.75) is 63.5 Å². The first-order chi connectivity index (χ1) is 13.4. The van der Waals surface area contributed by atoms with Crippen LogP contribution in [0.25, 0.3) is 0 Å². The zero-order valence-electron chi connectivity index (χ0n) is 17.1. The van der Waals surface area contributed by atoms with Crippen LogP contribution >= 0.6 is 11.8 Å². The molecule has 168 valence electrons. The molecule has 0 aromatic rings. The Balaban J connectivity index is 0. The van der Waals surface area contributed by atoms with Crippen LogP contribution in [-0.2, 0) is 9.59 Å². The molecule has 9 heteroatoms. The van der Waals surface area contributed by atoms with Gasteiger partial charge in [-0.2, -0.15) is 0 Å². The number of carbonyl (C=O) groups is 2. The van der Waals surface area contributed by atoms with Crippen LogP contribution in [0.1, 0.15) is 58.3 Å². The highest BCUT2D eigenvalue weighted by atomic mass is 32.2. The lowest BCUT2D eigenvalue weighted by molar-refractivity contribution is -0.136. The van der Waals surface area contributed by atoms with Crippen molar-refractivity contribution in [2.75, 3.05) is 45.2 Å². The molecule has 1 unspecified atom stereocenters. The Morgan fingerprint density at radius 1 is 0.821 bits per heavy atom. The molecule has 0 saturated heterocycles. The maximum Gasteiger partial charge on any atom is 0.316 e. The van der Waals surface area contributed by atoms with E-state index < -0.39 is 17.2 Å². The number of hydrogen-bond acceptors (Lipinski definition) is 7. The van der Waals surface area contributed by atoms with Gasteiger partial charge in [-0.3, -0.25) is 14.5 Å². The van der Waals surface area contributed by atoms with E-state index in [-0.39, 0.29) is 25.6 Å². The summed E-state index contributed by atoms with van der Waals surface area (Å²) in [5.74, 6) is -1.98. The van der Waals surface area contributed by atoms with Gasteiger partial charge < -0.3 is 25.5 Å². The standard InChI is InChI=1S/C13H24O4S.C6H15NO3/c1-2-3-4-5-6-7-8-9-11(13(16)17)18-10-12(14)15;8-4-1-7(2-5-9)3-6-10/h11H,2-10H2,1H3,(H,14,15)(H,16,17);8-10H,1-6H2. The molecule has 28 heavy (non-hydrogen) atoms. The smallest absolute Gasteiger partial charge is 0.316 e. The molecule has 0 bridgehead atoms. The number of aliphatic hydroxyl groups excluding tert-OH is 3. The van der Waals surface area contributed by atoms with Crippen molar-refractivity contribution in [3.63, 3.8) is 0 Å². The molecule has 0 aromatic heterocycles. The first-order valence-corrected chi connectivity index (χ1v) is 11.1. The molecule has 8 nitrogen and oxygen atoms in total. The minimum atomic E-state index is -0.953. The minimum Gasteiger partial charge on any atom is -0.481 e. The molecule has 0 aliphatic heterocycles. The summed E-state index contributed by atoms with van der Waals surface area (Å²) >= 11 is 1.01. The summed E-state index contributed by atoms with van der Waals surface area (Å²) in [6, 6.07) is 0. The Hall–Kier alpha value is -0.870. The third kappa shape index (κ3) is 21.4. The molecule has 0 spiro atoms. The molecule has 0 aromatic carbocycles. The zero-order chi connectivity index (χ0) is 21.6. The number of rotatable bonds is 18. The number of thioether (sulfide) groups is 1. The van der Waals surface area contributed by atoms with Gasteiger partial charge in [0, 0.05) is 19.6 Å². The van der Waals surface area contributed by atoms with Crippen molar-refractivity contribution in [2.24, 2.45) is 0 Å². The lowest BCUT2D eigenvalue weighted by atomic mass is 10.1. The average Bonchev–Trinajstić information content (AvgIpc) is 2.64. The molecule has 0 saturated carbocycles. The van der Waals surface area contributed by atoms with Crippen LogP contribution in [0.3, 0.4) is 0 Å². The summed E-state index contributed by atoms with van der Waals surface area (Å²) in [7, 11) is 0. The molecule has 1 atom stereocenters. The van der Waals surface area contributed by atoms with Crippen LogP contribution in [0, 0.1) is 0 Å². The SMILES string of the molecule is CCCCCCCCCC(SCC(=O)O)C(=O)O.OCCN(CCO)CCO. The highest BCUT2D eigenvalue weighted by Crippen LogP contribution is 2.19. The third-order valence-corrected chi connectivity index (χ3v) is 5.26. The fourth-order valence-electron chi connectivity index (χ4n) is 2.50. The number of aliphatic hydroxyl groups is 3. The van der Waals surface area contributed by atoms with E-state index in [1.807, 2.05) is 0 Å². The Labute approximate surface area is 172 Å². The molecule has 0 fully saturated rings. The molecule has 5 N–H and O–H groups in total.